The SMILES string of the molecule is C=CCN(CC=C)C(=O)n1ncc(-c2ccccc2)n1. The Morgan fingerprint density at radius 2 is 1.85 bits per heavy atom. The third-order valence-corrected chi connectivity index (χ3v) is 2.70. The minimum atomic E-state index is -0.299. The van der Waals surface area contributed by atoms with Gasteiger partial charge >= 0.3 is 6.03 Å². The fourth-order valence-corrected chi connectivity index (χ4v) is 1.77. The molecule has 0 aliphatic rings. The van der Waals surface area contributed by atoms with E-state index >= 15 is 0 Å². The van der Waals surface area contributed by atoms with Crippen LogP contribution in [0.2, 0.25) is 0 Å². The van der Waals surface area contributed by atoms with Gasteiger partial charge in [0.25, 0.3) is 0 Å². The average molecular weight is 268 g/mol. The largest absolute Gasteiger partial charge is 0.362 e. The quantitative estimate of drug-likeness (QED) is 0.783. The number of hydrogen-bond donors (Lipinski definition) is 0. The van der Waals surface area contributed by atoms with E-state index in [0.717, 1.165) is 10.4 Å². The maximum Gasteiger partial charge on any atom is 0.362 e. The van der Waals surface area contributed by atoms with Crippen LogP contribution in [0.3, 0.4) is 0 Å². The van der Waals surface area contributed by atoms with Gasteiger partial charge in [-0.1, -0.05) is 47.3 Å². The lowest BCUT2D eigenvalue weighted by molar-refractivity contribution is 0.202. The summed E-state index contributed by atoms with van der Waals surface area (Å²) in [4.78, 5) is 14.9. The van der Waals surface area contributed by atoms with Crippen LogP contribution in [-0.4, -0.2) is 39.0 Å². The molecule has 0 N–H and O–H groups in total. The van der Waals surface area contributed by atoms with Crippen molar-refractivity contribution < 1.29 is 4.79 Å². The Morgan fingerprint density at radius 1 is 1.20 bits per heavy atom. The zero-order chi connectivity index (χ0) is 14.4. The summed E-state index contributed by atoms with van der Waals surface area (Å²) in [5.41, 5.74) is 1.58. The van der Waals surface area contributed by atoms with E-state index < -0.39 is 0 Å². The van der Waals surface area contributed by atoms with Crippen LogP contribution < -0.4 is 0 Å². The molecule has 0 spiro atoms. The molecule has 5 heteroatoms. The molecule has 1 amide bonds. The van der Waals surface area contributed by atoms with E-state index in [0.29, 0.717) is 18.8 Å². The Bertz CT molecular complexity index is 593. The van der Waals surface area contributed by atoms with Gasteiger partial charge in [0, 0.05) is 18.7 Å². The van der Waals surface area contributed by atoms with Crippen LogP contribution in [0.1, 0.15) is 0 Å². The molecule has 0 saturated heterocycles. The van der Waals surface area contributed by atoms with Crippen molar-refractivity contribution in [2.24, 2.45) is 0 Å². The summed E-state index contributed by atoms with van der Waals surface area (Å²) in [6.07, 6.45) is 4.89. The Morgan fingerprint density at radius 3 is 2.45 bits per heavy atom. The number of nitrogens with zero attached hydrogens (tertiary/aromatic N) is 4. The summed E-state index contributed by atoms with van der Waals surface area (Å²) in [5, 5.41) is 8.24. The maximum atomic E-state index is 12.2. The van der Waals surface area contributed by atoms with E-state index in [-0.39, 0.29) is 6.03 Å². The normalized spacial score (nSPS) is 10.0. The molecule has 0 unspecified atom stereocenters. The highest BCUT2D eigenvalue weighted by Crippen LogP contribution is 2.14. The first-order valence-corrected chi connectivity index (χ1v) is 6.25. The fraction of sp³-hybridized carbons (Fsp3) is 0.133. The fourth-order valence-electron chi connectivity index (χ4n) is 1.77. The molecular formula is C15H16N4O. The van der Waals surface area contributed by atoms with Crippen molar-refractivity contribution in [2.45, 2.75) is 0 Å². The summed E-state index contributed by atoms with van der Waals surface area (Å²) in [6, 6.07) is 9.30. The van der Waals surface area contributed by atoms with Crippen LogP contribution in [0, 0.1) is 0 Å². The third-order valence-electron chi connectivity index (χ3n) is 2.70. The first kappa shape index (κ1) is 13.7. The van der Waals surface area contributed by atoms with Crippen LogP contribution in [0.25, 0.3) is 11.3 Å². The van der Waals surface area contributed by atoms with Crippen molar-refractivity contribution in [3.8, 4) is 11.3 Å². The highest BCUT2D eigenvalue weighted by Gasteiger charge is 2.16. The standard InChI is InChI=1S/C15H16N4O/c1-3-10-18(11-4-2)15(20)19-16-12-14(17-19)13-8-6-5-7-9-13/h3-9,12H,1-2,10-11H2. The molecule has 0 fully saturated rings. The zero-order valence-electron chi connectivity index (χ0n) is 11.1. The predicted octanol–water partition coefficient (Wildman–Crippen LogP) is 2.59. The van der Waals surface area contributed by atoms with Crippen LogP contribution in [-0.2, 0) is 0 Å². The molecule has 5 nitrogen and oxygen atoms in total. The van der Waals surface area contributed by atoms with Crippen LogP contribution >= 0.6 is 0 Å². The van der Waals surface area contributed by atoms with E-state index in [1.807, 2.05) is 30.3 Å². The molecule has 1 aromatic heterocycles. The molecule has 1 aromatic carbocycles. The molecule has 102 valence electrons. The molecule has 0 aliphatic heterocycles. The van der Waals surface area contributed by atoms with Gasteiger partial charge in [0.05, 0.1) is 6.20 Å². The number of carbonyl (C=O) groups is 1. The van der Waals surface area contributed by atoms with Gasteiger partial charge in [-0.05, 0) is 0 Å². The molecule has 0 saturated carbocycles. The Labute approximate surface area is 117 Å². The Balaban J connectivity index is 2.21. The van der Waals surface area contributed by atoms with Crippen molar-refractivity contribution >= 4 is 6.03 Å². The van der Waals surface area contributed by atoms with Crippen molar-refractivity contribution in [2.75, 3.05) is 13.1 Å². The number of benzene rings is 1. The molecule has 2 aromatic rings. The number of carbonyl (C=O) groups excluding carboxylic acids is 1. The molecule has 0 bridgehead atoms. The van der Waals surface area contributed by atoms with Crippen molar-refractivity contribution in [3.05, 3.63) is 61.8 Å². The molecule has 0 aliphatic carbocycles. The van der Waals surface area contributed by atoms with Crippen LogP contribution in [0.5, 0.6) is 0 Å². The number of hydrogen-bond acceptors (Lipinski definition) is 3. The second-order valence-corrected chi connectivity index (χ2v) is 4.15. The third kappa shape index (κ3) is 3.00. The van der Waals surface area contributed by atoms with Gasteiger partial charge < -0.3 is 4.90 Å². The lowest BCUT2D eigenvalue weighted by atomic mass is 10.2. The summed E-state index contributed by atoms with van der Waals surface area (Å²) < 4.78 is 0. The van der Waals surface area contributed by atoms with E-state index in [4.69, 9.17) is 0 Å². The van der Waals surface area contributed by atoms with Gasteiger partial charge in [0.15, 0.2) is 0 Å². The Hall–Kier alpha value is -2.69. The van der Waals surface area contributed by atoms with Crippen molar-refractivity contribution in [3.63, 3.8) is 0 Å². The van der Waals surface area contributed by atoms with Gasteiger partial charge in [0.2, 0.25) is 0 Å². The van der Waals surface area contributed by atoms with Gasteiger partial charge in [0.1, 0.15) is 5.69 Å². The monoisotopic (exact) mass is 268 g/mol. The number of aromatic nitrogens is 3. The van der Waals surface area contributed by atoms with Crippen LogP contribution in [0.15, 0.2) is 61.8 Å². The van der Waals surface area contributed by atoms with Crippen LogP contribution in [0.4, 0.5) is 4.79 Å². The molecule has 1 heterocycles. The van der Waals surface area contributed by atoms with E-state index in [1.54, 1.807) is 23.2 Å². The van der Waals surface area contributed by atoms with Crippen molar-refractivity contribution in [1.82, 2.24) is 19.9 Å². The second kappa shape index (κ2) is 6.47. The predicted molar refractivity (Wildman–Crippen MR) is 78.2 cm³/mol. The zero-order valence-corrected chi connectivity index (χ0v) is 11.1. The summed E-state index contributed by atoms with van der Waals surface area (Å²) >= 11 is 0. The smallest absolute Gasteiger partial charge is 0.314 e. The van der Waals surface area contributed by atoms with Gasteiger partial charge in [-0.25, -0.2) is 4.79 Å². The topological polar surface area (TPSA) is 51.0 Å². The lowest BCUT2D eigenvalue weighted by Gasteiger charge is -2.17. The van der Waals surface area contributed by atoms with E-state index in [1.165, 1.54) is 0 Å². The Kier molecular flexibility index (Phi) is 4.44. The average Bonchev–Trinajstić information content (AvgIpc) is 2.97. The van der Waals surface area contributed by atoms with Crippen molar-refractivity contribution in [1.29, 1.82) is 0 Å². The first-order chi connectivity index (χ1) is 9.76. The summed E-state index contributed by atoms with van der Waals surface area (Å²) in [6.45, 7) is 8.11. The molecule has 0 atom stereocenters. The van der Waals surface area contributed by atoms with Gasteiger partial charge in [-0.3, -0.25) is 0 Å². The highest BCUT2D eigenvalue weighted by atomic mass is 16.2. The minimum absolute atomic E-state index is 0.299. The summed E-state index contributed by atoms with van der Waals surface area (Å²) in [7, 11) is 0. The lowest BCUT2D eigenvalue weighted by Crippen LogP contribution is -2.36. The van der Waals surface area contributed by atoms with E-state index in [2.05, 4.69) is 23.4 Å². The second-order valence-electron chi connectivity index (χ2n) is 4.15. The number of rotatable bonds is 5. The summed E-state index contributed by atoms with van der Waals surface area (Å²) in [5.74, 6) is 0. The maximum absolute atomic E-state index is 12.2. The van der Waals surface area contributed by atoms with Gasteiger partial charge in [-0.2, -0.15) is 5.10 Å². The minimum Gasteiger partial charge on any atom is -0.314 e. The molecule has 2 rings (SSSR count). The molecule has 20 heavy (non-hydrogen) atoms. The molecular weight excluding hydrogens is 252 g/mol. The van der Waals surface area contributed by atoms with E-state index in [9.17, 15) is 4.79 Å². The highest BCUT2D eigenvalue weighted by molar-refractivity contribution is 5.76. The number of amides is 1. The van der Waals surface area contributed by atoms with Gasteiger partial charge in [-0.15, -0.1) is 18.3 Å². The molecule has 0 radical (unpaired) electrons. The first-order valence-electron chi connectivity index (χ1n) is 6.25.